The van der Waals surface area contributed by atoms with Gasteiger partial charge in [-0.05, 0) is 29.8 Å². The SMILES string of the molecule is COc1ccc(NC(=O)c2cccc(C(=O)NCc3ccccc3)n2)cc1OC. The number of nitrogens with zero attached hydrogens (tertiary/aromatic N) is 1. The van der Waals surface area contributed by atoms with E-state index in [9.17, 15) is 9.59 Å². The summed E-state index contributed by atoms with van der Waals surface area (Å²) in [6.07, 6.45) is 0. The molecule has 0 fully saturated rings. The molecule has 0 unspecified atom stereocenters. The van der Waals surface area contributed by atoms with Crippen LogP contribution in [0.15, 0.2) is 66.7 Å². The van der Waals surface area contributed by atoms with Crippen molar-refractivity contribution in [1.82, 2.24) is 10.3 Å². The van der Waals surface area contributed by atoms with Gasteiger partial charge in [0.05, 0.1) is 14.2 Å². The van der Waals surface area contributed by atoms with Crippen molar-refractivity contribution < 1.29 is 19.1 Å². The molecular weight excluding hydrogens is 370 g/mol. The zero-order valence-electron chi connectivity index (χ0n) is 16.1. The molecule has 1 heterocycles. The molecule has 1 aromatic heterocycles. The van der Waals surface area contributed by atoms with Crippen molar-refractivity contribution in [2.24, 2.45) is 0 Å². The molecular formula is C22H21N3O4. The van der Waals surface area contributed by atoms with Gasteiger partial charge < -0.3 is 20.1 Å². The average molecular weight is 391 g/mol. The van der Waals surface area contributed by atoms with Gasteiger partial charge in [0.25, 0.3) is 11.8 Å². The van der Waals surface area contributed by atoms with Gasteiger partial charge in [0.15, 0.2) is 11.5 Å². The maximum Gasteiger partial charge on any atom is 0.274 e. The highest BCUT2D eigenvalue weighted by Crippen LogP contribution is 2.29. The molecule has 2 N–H and O–H groups in total. The highest BCUT2D eigenvalue weighted by atomic mass is 16.5. The molecule has 7 heteroatoms. The number of ether oxygens (including phenoxy) is 2. The lowest BCUT2D eigenvalue weighted by atomic mass is 10.2. The summed E-state index contributed by atoms with van der Waals surface area (Å²) < 4.78 is 10.4. The molecule has 0 bridgehead atoms. The van der Waals surface area contributed by atoms with E-state index in [-0.39, 0.29) is 17.3 Å². The Morgan fingerprint density at radius 2 is 1.52 bits per heavy atom. The average Bonchev–Trinajstić information content (AvgIpc) is 2.78. The number of carbonyl (C=O) groups excluding carboxylic acids is 2. The zero-order valence-corrected chi connectivity index (χ0v) is 16.1. The van der Waals surface area contributed by atoms with E-state index in [1.807, 2.05) is 30.3 Å². The molecule has 2 aromatic carbocycles. The van der Waals surface area contributed by atoms with E-state index in [1.165, 1.54) is 14.2 Å². The molecule has 3 rings (SSSR count). The second-order valence-electron chi connectivity index (χ2n) is 6.10. The normalized spacial score (nSPS) is 10.1. The van der Waals surface area contributed by atoms with Crippen LogP contribution in [0.4, 0.5) is 5.69 Å². The Bertz CT molecular complexity index is 1010. The molecule has 0 radical (unpaired) electrons. The number of carbonyl (C=O) groups is 2. The summed E-state index contributed by atoms with van der Waals surface area (Å²) in [4.78, 5) is 29.1. The maximum absolute atomic E-state index is 12.5. The van der Waals surface area contributed by atoms with Crippen molar-refractivity contribution >= 4 is 17.5 Å². The molecule has 7 nitrogen and oxygen atoms in total. The third-order valence-corrected chi connectivity index (χ3v) is 4.15. The van der Waals surface area contributed by atoms with Crippen LogP contribution in [-0.4, -0.2) is 31.0 Å². The van der Waals surface area contributed by atoms with E-state index < -0.39 is 5.91 Å². The minimum Gasteiger partial charge on any atom is -0.493 e. The van der Waals surface area contributed by atoms with Crippen molar-refractivity contribution in [1.29, 1.82) is 0 Å². The summed E-state index contributed by atoms with van der Waals surface area (Å²) in [6.45, 7) is 0.378. The molecule has 0 saturated carbocycles. The predicted molar refractivity (Wildman–Crippen MR) is 109 cm³/mol. The summed E-state index contributed by atoms with van der Waals surface area (Å²) in [7, 11) is 3.05. The number of hydrogen-bond donors (Lipinski definition) is 2. The zero-order chi connectivity index (χ0) is 20.6. The van der Waals surface area contributed by atoms with Gasteiger partial charge in [-0.2, -0.15) is 0 Å². The Morgan fingerprint density at radius 1 is 0.828 bits per heavy atom. The van der Waals surface area contributed by atoms with Crippen molar-refractivity contribution in [3.8, 4) is 11.5 Å². The van der Waals surface area contributed by atoms with E-state index in [2.05, 4.69) is 15.6 Å². The number of hydrogen-bond acceptors (Lipinski definition) is 5. The summed E-state index contributed by atoms with van der Waals surface area (Å²) in [6, 6.07) is 19.3. The van der Waals surface area contributed by atoms with Crippen LogP contribution in [0.2, 0.25) is 0 Å². The van der Waals surface area contributed by atoms with Gasteiger partial charge >= 0.3 is 0 Å². The molecule has 148 valence electrons. The highest BCUT2D eigenvalue weighted by molar-refractivity contribution is 6.04. The van der Waals surface area contributed by atoms with Crippen molar-refractivity contribution in [2.45, 2.75) is 6.54 Å². The van der Waals surface area contributed by atoms with Gasteiger partial charge in [-0.1, -0.05) is 36.4 Å². The second-order valence-corrected chi connectivity index (χ2v) is 6.10. The number of anilines is 1. The fourth-order valence-corrected chi connectivity index (χ4v) is 2.67. The topological polar surface area (TPSA) is 89.5 Å². The largest absolute Gasteiger partial charge is 0.493 e. The lowest BCUT2D eigenvalue weighted by Gasteiger charge is -2.11. The Hall–Kier alpha value is -3.87. The van der Waals surface area contributed by atoms with Gasteiger partial charge in [-0.15, -0.1) is 0 Å². The molecule has 0 aliphatic carbocycles. The van der Waals surface area contributed by atoms with Gasteiger partial charge in [-0.3, -0.25) is 9.59 Å². The molecule has 0 aliphatic rings. The van der Waals surface area contributed by atoms with E-state index in [4.69, 9.17) is 9.47 Å². The van der Waals surface area contributed by atoms with Crippen LogP contribution in [-0.2, 0) is 6.54 Å². The number of aromatic nitrogens is 1. The van der Waals surface area contributed by atoms with E-state index >= 15 is 0 Å². The Kier molecular flexibility index (Phi) is 6.42. The lowest BCUT2D eigenvalue weighted by molar-refractivity contribution is 0.0945. The van der Waals surface area contributed by atoms with Crippen LogP contribution in [0, 0.1) is 0 Å². The van der Waals surface area contributed by atoms with Crippen LogP contribution in [0.1, 0.15) is 26.5 Å². The summed E-state index contributed by atoms with van der Waals surface area (Å²) in [5.74, 6) is 0.262. The maximum atomic E-state index is 12.5. The number of benzene rings is 2. The predicted octanol–water partition coefficient (Wildman–Crippen LogP) is 3.28. The van der Waals surface area contributed by atoms with E-state index in [0.29, 0.717) is 23.7 Å². The fraction of sp³-hybridized carbons (Fsp3) is 0.136. The molecule has 0 aliphatic heterocycles. The molecule has 29 heavy (non-hydrogen) atoms. The molecule has 3 aromatic rings. The Morgan fingerprint density at radius 3 is 2.21 bits per heavy atom. The van der Waals surface area contributed by atoms with Crippen LogP contribution in [0.5, 0.6) is 11.5 Å². The monoisotopic (exact) mass is 391 g/mol. The van der Waals surface area contributed by atoms with E-state index in [0.717, 1.165) is 5.56 Å². The number of nitrogens with one attached hydrogen (secondary N) is 2. The van der Waals surface area contributed by atoms with Crippen LogP contribution >= 0.6 is 0 Å². The third-order valence-electron chi connectivity index (χ3n) is 4.15. The minimum absolute atomic E-state index is 0.132. The molecule has 0 atom stereocenters. The number of methoxy groups -OCH3 is 2. The van der Waals surface area contributed by atoms with Crippen molar-refractivity contribution in [3.05, 3.63) is 83.7 Å². The first-order chi connectivity index (χ1) is 14.1. The van der Waals surface area contributed by atoms with Gasteiger partial charge in [0, 0.05) is 18.3 Å². The number of amides is 2. The Balaban J connectivity index is 1.68. The molecule has 0 saturated heterocycles. The number of pyridine rings is 1. The van der Waals surface area contributed by atoms with Crippen LogP contribution < -0.4 is 20.1 Å². The second kappa shape index (κ2) is 9.36. The third kappa shape index (κ3) is 5.10. The first-order valence-electron chi connectivity index (χ1n) is 8.93. The summed E-state index contributed by atoms with van der Waals surface area (Å²) in [5.41, 5.74) is 1.80. The first-order valence-corrected chi connectivity index (χ1v) is 8.93. The van der Waals surface area contributed by atoms with Gasteiger partial charge in [0.1, 0.15) is 11.4 Å². The van der Waals surface area contributed by atoms with Gasteiger partial charge in [0.2, 0.25) is 0 Å². The highest BCUT2D eigenvalue weighted by Gasteiger charge is 2.13. The van der Waals surface area contributed by atoms with Gasteiger partial charge in [-0.25, -0.2) is 4.98 Å². The smallest absolute Gasteiger partial charge is 0.274 e. The summed E-state index contributed by atoms with van der Waals surface area (Å²) in [5, 5.41) is 5.53. The molecule has 2 amide bonds. The standard InChI is InChI=1S/C22H21N3O4/c1-28-19-12-11-16(13-20(19)29-2)24-22(27)18-10-6-9-17(25-18)21(26)23-14-15-7-4-3-5-8-15/h3-13H,14H2,1-2H3,(H,23,26)(H,24,27). The summed E-state index contributed by atoms with van der Waals surface area (Å²) >= 11 is 0. The number of rotatable bonds is 7. The van der Waals surface area contributed by atoms with E-state index in [1.54, 1.807) is 36.4 Å². The molecule has 0 spiro atoms. The lowest BCUT2D eigenvalue weighted by Crippen LogP contribution is -2.25. The fourth-order valence-electron chi connectivity index (χ4n) is 2.67. The quantitative estimate of drug-likeness (QED) is 0.645. The van der Waals surface area contributed by atoms with Crippen LogP contribution in [0.25, 0.3) is 0 Å². The Labute approximate surface area is 168 Å². The van der Waals surface area contributed by atoms with Crippen molar-refractivity contribution in [3.63, 3.8) is 0 Å². The van der Waals surface area contributed by atoms with Crippen molar-refractivity contribution in [2.75, 3.05) is 19.5 Å². The van der Waals surface area contributed by atoms with Crippen LogP contribution in [0.3, 0.4) is 0 Å². The minimum atomic E-state index is -0.435. The first kappa shape index (κ1) is 19.9.